The van der Waals surface area contributed by atoms with Crippen molar-refractivity contribution in [1.82, 2.24) is 0 Å². The maximum absolute atomic E-state index is 13.5. The molecule has 0 radical (unpaired) electrons. The zero-order chi connectivity index (χ0) is 14.0. The number of carbonyl (C=O) groups excluding carboxylic acids is 1. The molecule has 0 saturated heterocycles. The van der Waals surface area contributed by atoms with Gasteiger partial charge in [-0.05, 0) is 53.4 Å². The first-order valence-corrected chi connectivity index (χ1v) is 6.96. The van der Waals surface area contributed by atoms with Gasteiger partial charge in [-0.1, -0.05) is 12.8 Å². The standard InChI is InChI=1S/C14H14BrFN2O/c1-9-6-10(15)11(16)7-12(9)18-13(19)14(8-17)4-2-3-5-14/h6-7H,2-5H2,1H3,(H,18,19). The second-order valence-corrected chi connectivity index (χ2v) is 5.79. The van der Waals surface area contributed by atoms with E-state index in [9.17, 15) is 14.4 Å². The first-order valence-electron chi connectivity index (χ1n) is 6.17. The van der Waals surface area contributed by atoms with Crippen LogP contribution in [0.5, 0.6) is 0 Å². The van der Waals surface area contributed by atoms with Gasteiger partial charge in [-0.2, -0.15) is 5.26 Å². The molecular formula is C14H14BrFN2O. The number of halogens is 2. The van der Waals surface area contributed by atoms with E-state index in [-0.39, 0.29) is 5.91 Å². The van der Waals surface area contributed by atoms with E-state index in [1.807, 2.05) is 0 Å². The van der Waals surface area contributed by atoms with E-state index in [0.717, 1.165) is 18.4 Å². The van der Waals surface area contributed by atoms with Gasteiger partial charge >= 0.3 is 0 Å². The van der Waals surface area contributed by atoms with Crippen molar-refractivity contribution in [3.05, 3.63) is 28.0 Å². The summed E-state index contributed by atoms with van der Waals surface area (Å²) in [7, 11) is 0. The van der Waals surface area contributed by atoms with E-state index < -0.39 is 11.2 Å². The maximum Gasteiger partial charge on any atom is 0.244 e. The number of rotatable bonds is 2. The molecule has 100 valence electrons. The number of nitrogens with one attached hydrogen (secondary N) is 1. The summed E-state index contributed by atoms with van der Waals surface area (Å²) in [6.07, 6.45) is 2.92. The van der Waals surface area contributed by atoms with Crippen LogP contribution in [0.2, 0.25) is 0 Å². The number of hydrogen-bond donors (Lipinski definition) is 1. The summed E-state index contributed by atoms with van der Waals surface area (Å²) in [5.74, 6) is -0.754. The number of carbonyl (C=O) groups is 1. The van der Waals surface area contributed by atoms with Crippen LogP contribution < -0.4 is 5.32 Å². The minimum atomic E-state index is -0.948. The van der Waals surface area contributed by atoms with Crippen molar-refractivity contribution in [3.63, 3.8) is 0 Å². The lowest BCUT2D eigenvalue weighted by molar-refractivity contribution is -0.122. The number of benzene rings is 1. The van der Waals surface area contributed by atoms with E-state index in [1.54, 1.807) is 13.0 Å². The fraction of sp³-hybridized carbons (Fsp3) is 0.429. The molecule has 0 unspecified atom stereocenters. The summed E-state index contributed by atoms with van der Waals surface area (Å²) in [6, 6.07) is 5.01. The molecule has 1 aliphatic carbocycles. The number of aryl methyl sites for hydroxylation is 1. The second-order valence-electron chi connectivity index (χ2n) is 4.94. The van der Waals surface area contributed by atoms with Crippen molar-refractivity contribution in [1.29, 1.82) is 5.26 Å². The van der Waals surface area contributed by atoms with Gasteiger partial charge in [-0.15, -0.1) is 0 Å². The SMILES string of the molecule is Cc1cc(Br)c(F)cc1NC(=O)C1(C#N)CCCC1. The number of anilines is 1. The third-order valence-electron chi connectivity index (χ3n) is 3.62. The summed E-state index contributed by atoms with van der Waals surface area (Å²) in [5.41, 5.74) is 0.232. The van der Waals surface area contributed by atoms with E-state index in [1.165, 1.54) is 6.07 Å². The molecule has 5 heteroatoms. The topological polar surface area (TPSA) is 52.9 Å². The van der Waals surface area contributed by atoms with E-state index in [0.29, 0.717) is 23.0 Å². The van der Waals surface area contributed by atoms with Crippen molar-refractivity contribution >= 4 is 27.5 Å². The quantitative estimate of drug-likeness (QED) is 0.896. The summed E-state index contributed by atoms with van der Waals surface area (Å²) in [6.45, 7) is 1.79. The third kappa shape index (κ3) is 2.64. The molecule has 0 atom stereocenters. The molecular weight excluding hydrogens is 311 g/mol. The fourth-order valence-electron chi connectivity index (χ4n) is 2.39. The van der Waals surface area contributed by atoms with Gasteiger partial charge < -0.3 is 5.32 Å². The Morgan fingerprint density at radius 3 is 2.68 bits per heavy atom. The number of amides is 1. The highest BCUT2D eigenvalue weighted by Gasteiger charge is 2.41. The van der Waals surface area contributed by atoms with Crippen molar-refractivity contribution in [2.45, 2.75) is 32.6 Å². The van der Waals surface area contributed by atoms with Crippen molar-refractivity contribution in [2.75, 3.05) is 5.32 Å². The molecule has 1 fully saturated rings. The predicted octanol–water partition coefficient (Wildman–Crippen LogP) is 3.92. The molecule has 19 heavy (non-hydrogen) atoms. The van der Waals surface area contributed by atoms with Crippen LogP contribution in [0.25, 0.3) is 0 Å². The van der Waals surface area contributed by atoms with Gasteiger partial charge in [-0.25, -0.2) is 4.39 Å². The van der Waals surface area contributed by atoms with Crippen molar-refractivity contribution < 1.29 is 9.18 Å². The first kappa shape index (κ1) is 14.0. The zero-order valence-corrected chi connectivity index (χ0v) is 12.2. The number of nitrogens with zero attached hydrogens (tertiary/aromatic N) is 1. The highest BCUT2D eigenvalue weighted by molar-refractivity contribution is 9.10. The predicted molar refractivity (Wildman–Crippen MR) is 74.0 cm³/mol. The summed E-state index contributed by atoms with van der Waals surface area (Å²) in [4.78, 5) is 12.2. The van der Waals surface area contributed by atoms with Gasteiger partial charge in [0.25, 0.3) is 0 Å². The lowest BCUT2D eigenvalue weighted by atomic mass is 9.87. The van der Waals surface area contributed by atoms with E-state index in [4.69, 9.17) is 0 Å². The van der Waals surface area contributed by atoms with E-state index >= 15 is 0 Å². The average molecular weight is 325 g/mol. The molecule has 1 amide bonds. The summed E-state index contributed by atoms with van der Waals surface area (Å²) >= 11 is 3.10. The third-order valence-corrected chi connectivity index (χ3v) is 4.23. The Hall–Kier alpha value is -1.41. The average Bonchev–Trinajstić information content (AvgIpc) is 2.86. The summed E-state index contributed by atoms with van der Waals surface area (Å²) < 4.78 is 13.9. The monoisotopic (exact) mass is 324 g/mol. The summed E-state index contributed by atoms with van der Waals surface area (Å²) in [5, 5.41) is 11.9. The van der Waals surface area contributed by atoms with Crippen molar-refractivity contribution in [3.8, 4) is 6.07 Å². The normalized spacial score (nSPS) is 16.9. The van der Waals surface area contributed by atoms with Gasteiger partial charge in [0.05, 0.1) is 10.5 Å². The molecule has 0 heterocycles. The first-order chi connectivity index (χ1) is 8.98. The van der Waals surface area contributed by atoms with Crippen LogP contribution in [-0.2, 0) is 4.79 Å². The molecule has 1 saturated carbocycles. The Bertz CT molecular complexity index is 559. The molecule has 1 aliphatic rings. The largest absolute Gasteiger partial charge is 0.324 e. The second kappa shape index (κ2) is 5.30. The Morgan fingerprint density at radius 1 is 1.47 bits per heavy atom. The van der Waals surface area contributed by atoms with Crippen LogP contribution in [0, 0.1) is 29.5 Å². The van der Waals surface area contributed by atoms with Crippen LogP contribution in [0.1, 0.15) is 31.2 Å². The van der Waals surface area contributed by atoms with Gasteiger partial charge in [0.15, 0.2) is 0 Å². The lowest BCUT2D eigenvalue weighted by Gasteiger charge is -2.20. The van der Waals surface area contributed by atoms with Crippen LogP contribution in [0.15, 0.2) is 16.6 Å². The molecule has 0 bridgehead atoms. The van der Waals surface area contributed by atoms with Crippen LogP contribution in [0.3, 0.4) is 0 Å². The molecule has 2 rings (SSSR count). The van der Waals surface area contributed by atoms with Gasteiger partial charge in [0, 0.05) is 5.69 Å². The molecule has 0 spiro atoms. The maximum atomic E-state index is 13.5. The Kier molecular flexibility index (Phi) is 3.91. The van der Waals surface area contributed by atoms with Crippen molar-refractivity contribution in [2.24, 2.45) is 5.41 Å². The molecule has 1 N–H and O–H groups in total. The molecule has 0 aliphatic heterocycles. The van der Waals surface area contributed by atoms with Gasteiger partial charge in [-0.3, -0.25) is 4.79 Å². The Labute approximate surface area is 119 Å². The zero-order valence-electron chi connectivity index (χ0n) is 10.6. The Balaban J connectivity index is 2.24. The molecule has 1 aromatic carbocycles. The van der Waals surface area contributed by atoms with Crippen LogP contribution in [-0.4, -0.2) is 5.91 Å². The highest BCUT2D eigenvalue weighted by Crippen LogP contribution is 2.38. The van der Waals surface area contributed by atoms with Gasteiger partial charge in [0.1, 0.15) is 11.2 Å². The molecule has 3 nitrogen and oxygen atoms in total. The highest BCUT2D eigenvalue weighted by atomic mass is 79.9. The smallest absolute Gasteiger partial charge is 0.244 e. The molecule has 0 aromatic heterocycles. The lowest BCUT2D eigenvalue weighted by Crippen LogP contribution is -2.32. The van der Waals surface area contributed by atoms with Crippen LogP contribution in [0.4, 0.5) is 10.1 Å². The fourth-order valence-corrected chi connectivity index (χ4v) is 2.85. The molecule has 1 aromatic rings. The minimum absolute atomic E-state index is 0.322. The number of nitriles is 1. The van der Waals surface area contributed by atoms with E-state index in [2.05, 4.69) is 27.3 Å². The Morgan fingerprint density at radius 2 is 2.11 bits per heavy atom. The number of hydrogen-bond acceptors (Lipinski definition) is 2. The van der Waals surface area contributed by atoms with Gasteiger partial charge in [0.2, 0.25) is 5.91 Å². The minimum Gasteiger partial charge on any atom is -0.324 e. The van der Waals surface area contributed by atoms with Crippen LogP contribution >= 0.6 is 15.9 Å².